The molecule has 3 aromatic rings. The van der Waals surface area contributed by atoms with Crippen LogP contribution >= 0.6 is 0 Å². The summed E-state index contributed by atoms with van der Waals surface area (Å²) in [6.45, 7) is 2.87. The number of rotatable bonds is 16. The second kappa shape index (κ2) is 14.8. The Labute approximate surface area is 232 Å². The first kappa shape index (κ1) is 30.4. The van der Waals surface area contributed by atoms with Crippen LogP contribution in [0.5, 0.6) is 0 Å². The summed E-state index contributed by atoms with van der Waals surface area (Å²) in [5, 5.41) is 3.96. The number of benzene rings is 2. The Morgan fingerprint density at radius 3 is 2.36 bits per heavy atom. The number of Topliss-reactive ketones (excluding diaryl/α,β-unsaturated/α-hetero) is 1. The van der Waals surface area contributed by atoms with Gasteiger partial charge in [-0.2, -0.15) is 0 Å². The Morgan fingerprint density at radius 1 is 0.949 bits per heavy atom. The summed E-state index contributed by atoms with van der Waals surface area (Å²) in [5.74, 6) is -0.0627. The standard InChI is InChI=1S/C31H44N6O2/c1-37(2,22-25(19-32)20-33)16-8-12-27(34)31(39)36-29(15-14-23-9-4-3-5-10-23)30(38)18-24-17-26-11-6-7-13-28(26)35-21-24/h3-7,9-11,13,17,21,25,27,29H,8,12,14-16,18-20,22,32-34H2,1-2H3/p+1/t27-,29-/m0/s1. The number of carbonyl (C=O) groups is 2. The smallest absolute Gasteiger partial charge is 0.237 e. The number of ketones is 1. The van der Waals surface area contributed by atoms with Crippen LogP contribution < -0.4 is 22.5 Å². The number of aromatic nitrogens is 1. The van der Waals surface area contributed by atoms with E-state index in [-0.39, 0.29) is 24.0 Å². The van der Waals surface area contributed by atoms with Gasteiger partial charge in [0, 0.05) is 37.0 Å². The van der Waals surface area contributed by atoms with Crippen LogP contribution in [0.4, 0.5) is 0 Å². The van der Waals surface area contributed by atoms with Crippen LogP contribution in [0.1, 0.15) is 30.4 Å². The molecule has 0 unspecified atom stereocenters. The normalized spacial score (nSPS) is 13.4. The Kier molecular flexibility index (Phi) is 11.6. The van der Waals surface area contributed by atoms with E-state index in [1.54, 1.807) is 6.20 Å². The molecule has 0 aliphatic heterocycles. The largest absolute Gasteiger partial charge is 0.345 e. The topological polar surface area (TPSA) is 137 Å². The number of pyridine rings is 1. The zero-order chi connectivity index (χ0) is 28.3. The average molecular weight is 534 g/mol. The van der Waals surface area contributed by atoms with Gasteiger partial charge in [-0.1, -0.05) is 48.5 Å². The van der Waals surface area contributed by atoms with Crippen molar-refractivity contribution in [2.45, 2.75) is 44.2 Å². The van der Waals surface area contributed by atoms with Crippen LogP contribution in [0.15, 0.2) is 66.9 Å². The molecule has 2 aromatic carbocycles. The lowest BCUT2D eigenvalue weighted by Crippen LogP contribution is -2.50. The summed E-state index contributed by atoms with van der Waals surface area (Å²) in [7, 11) is 4.29. The van der Waals surface area contributed by atoms with Crippen LogP contribution in [-0.2, 0) is 22.4 Å². The molecule has 0 bridgehead atoms. The minimum atomic E-state index is -0.681. The second-order valence-corrected chi connectivity index (χ2v) is 11.2. The second-order valence-electron chi connectivity index (χ2n) is 11.2. The molecule has 1 amide bonds. The predicted molar refractivity (Wildman–Crippen MR) is 158 cm³/mol. The molecule has 0 spiro atoms. The van der Waals surface area contributed by atoms with Gasteiger partial charge in [0.25, 0.3) is 0 Å². The Hall–Kier alpha value is -3.17. The van der Waals surface area contributed by atoms with E-state index in [2.05, 4.69) is 24.4 Å². The highest BCUT2D eigenvalue weighted by Crippen LogP contribution is 2.15. The van der Waals surface area contributed by atoms with Crippen molar-refractivity contribution in [1.29, 1.82) is 0 Å². The van der Waals surface area contributed by atoms with Crippen LogP contribution in [-0.4, -0.2) is 73.5 Å². The number of aryl methyl sites for hydroxylation is 1. The van der Waals surface area contributed by atoms with Gasteiger partial charge in [0.2, 0.25) is 5.91 Å². The number of carbonyl (C=O) groups excluding carboxylic acids is 2. The van der Waals surface area contributed by atoms with Crippen LogP contribution in [0, 0.1) is 5.92 Å². The van der Waals surface area contributed by atoms with Crippen molar-refractivity contribution in [1.82, 2.24) is 10.3 Å². The molecular formula is C31H45N6O2+. The van der Waals surface area contributed by atoms with E-state index in [1.165, 1.54) is 0 Å². The lowest BCUT2D eigenvalue weighted by atomic mass is 9.97. The zero-order valence-corrected chi connectivity index (χ0v) is 23.4. The van der Waals surface area contributed by atoms with Gasteiger partial charge < -0.3 is 27.0 Å². The number of fused-ring (bicyclic) bond motifs is 1. The molecule has 8 heteroatoms. The van der Waals surface area contributed by atoms with Crippen molar-refractivity contribution in [3.63, 3.8) is 0 Å². The molecular weight excluding hydrogens is 488 g/mol. The monoisotopic (exact) mass is 533 g/mol. The third kappa shape index (κ3) is 9.82. The van der Waals surface area contributed by atoms with Crippen molar-refractivity contribution in [2.24, 2.45) is 23.1 Å². The Bertz CT molecular complexity index is 1200. The average Bonchev–Trinajstić information content (AvgIpc) is 2.94. The minimum absolute atomic E-state index is 0.0454. The van der Waals surface area contributed by atoms with Gasteiger partial charge in [0.1, 0.15) is 0 Å². The fraction of sp³-hybridized carbons (Fsp3) is 0.452. The number of amides is 1. The van der Waals surface area contributed by atoms with Crippen LogP contribution in [0.2, 0.25) is 0 Å². The van der Waals surface area contributed by atoms with Crippen LogP contribution in [0.25, 0.3) is 10.9 Å². The maximum absolute atomic E-state index is 13.4. The summed E-state index contributed by atoms with van der Waals surface area (Å²) < 4.78 is 0.769. The molecule has 1 heterocycles. The summed E-state index contributed by atoms with van der Waals surface area (Å²) >= 11 is 0. The number of hydrogen-bond donors (Lipinski definition) is 4. The fourth-order valence-electron chi connectivity index (χ4n) is 4.99. The molecule has 0 saturated carbocycles. The fourth-order valence-corrected chi connectivity index (χ4v) is 4.99. The lowest BCUT2D eigenvalue weighted by molar-refractivity contribution is -0.893. The van der Waals surface area contributed by atoms with Crippen molar-refractivity contribution >= 4 is 22.6 Å². The van der Waals surface area contributed by atoms with Crippen molar-refractivity contribution < 1.29 is 14.1 Å². The highest BCUT2D eigenvalue weighted by molar-refractivity contribution is 5.92. The molecule has 210 valence electrons. The van der Waals surface area contributed by atoms with E-state index in [4.69, 9.17) is 17.2 Å². The molecule has 7 N–H and O–H groups in total. The molecule has 2 atom stereocenters. The molecule has 0 aliphatic carbocycles. The highest BCUT2D eigenvalue weighted by Gasteiger charge is 2.25. The van der Waals surface area contributed by atoms with Crippen LogP contribution in [0.3, 0.4) is 0 Å². The van der Waals surface area contributed by atoms with E-state index in [0.717, 1.165) is 46.0 Å². The van der Waals surface area contributed by atoms with E-state index in [0.29, 0.717) is 32.4 Å². The van der Waals surface area contributed by atoms with Crippen molar-refractivity contribution in [2.75, 3.05) is 40.3 Å². The molecule has 8 nitrogen and oxygen atoms in total. The third-order valence-electron chi connectivity index (χ3n) is 7.33. The molecule has 3 rings (SSSR count). The zero-order valence-electron chi connectivity index (χ0n) is 23.4. The number of quaternary nitrogens is 1. The molecule has 39 heavy (non-hydrogen) atoms. The first-order chi connectivity index (χ1) is 18.7. The molecule has 0 radical (unpaired) electrons. The Balaban J connectivity index is 1.61. The summed E-state index contributed by atoms with van der Waals surface area (Å²) in [5.41, 5.74) is 20.8. The Morgan fingerprint density at radius 2 is 1.64 bits per heavy atom. The molecule has 1 aromatic heterocycles. The van der Waals surface area contributed by atoms with Crippen molar-refractivity contribution in [3.05, 3.63) is 78.0 Å². The van der Waals surface area contributed by atoms with Gasteiger partial charge in [-0.3, -0.25) is 14.6 Å². The predicted octanol–water partition coefficient (Wildman–Crippen LogP) is 2.18. The van der Waals surface area contributed by atoms with E-state index in [1.807, 2.05) is 60.7 Å². The van der Waals surface area contributed by atoms with E-state index < -0.39 is 12.1 Å². The van der Waals surface area contributed by atoms with Gasteiger partial charge in [-0.15, -0.1) is 0 Å². The maximum Gasteiger partial charge on any atom is 0.237 e. The number of para-hydroxylation sites is 1. The summed E-state index contributed by atoms with van der Waals surface area (Å²) in [4.78, 5) is 31.0. The molecule has 0 saturated heterocycles. The van der Waals surface area contributed by atoms with Gasteiger partial charge in [0.15, 0.2) is 5.78 Å². The quantitative estimate of drug-likeness (QED) is 0.208. The first-order valence-corrected chi connectivity index (χ1v) is 13.9. The minimum Gasteiger partial charge on any atom is -0.345 e. The number of hydrogen-bond acceptors (Lipinski definition) is 6. The number of nitrogens with zero attached hydrogens (tertiary/aromatic N) is 2. The SMILES string of the molecule is C[N+](C)(CCC[C@H](N)C(=O)N[C@@H](CCc1ccccc1)C(=O)Cc1cnc2ccccc2c1)CC(CN)CN. The van der Waals surface area contributed by atoms with Gasteiger partial charge in [-0.05, 0) is 48.9 Å². The number of nitrogens with two attached hydrogens (primary N) is 3. The van der Waals surface area contributed by atoms with Gasteiger partial charge >= 0.3 is 0 Å². The van der Waals surface area contributed by atoms with Gasteiger partial charge in [-0.25, -0.2) is 0 Å². The van der Waals surface area contributed by atoms with E-state index >= 15 is 0 Å². The maximum atomic E-state index is 13.4. The molecule has 0 fully saturated rings. The van der Waals surface area contributed by atoms with E-state index in [9.17, 15) is 9.59 Å². The first-order valence-electron chi connectivity index (χ1n) is 13.9. The number of nitrogens with one attached hydrogen (secondary N) is 1. The highest BCUT2D eigenvalue weighted by atomic mass is 16.2. The summed E-state index contributed by atoms with van der Waals surface area (Å²) in [6, 6.07) is 18.5. The lowest BCUT2D eigenvalue weighted by Gasteiger charge is -2.33. The van der Waals surface area contributed by atoms with Crippen molar-refractivity contribution in [3.8, 4) is 0 Å². The molecule has 0 aliphatic rings. The summed E-state index contributed by atoms with van der Waals surface area (Å²) in [6.07, 6.45) is 4.44. The third-order valence-corrected chi connectivity index (χ3v) is 7.33. The van der Waals surface area contributed by atoms with Gasteiger partial charge in [0.05, 0.1) is 44.8 Å².